The van der Waals surface area contributed by atoms with Crippen molar-refractivity contribution in [2.45, 2.75) is 145 Å². The second-order valence-corrected chi connectivity index (χ2v) is 29.2. The molecule has 598 valence electrons. The van der Waals surface area contributed by atoms with Crippen LogP contribution in [0.4, 0.5) is 0 Å². The third kappa shape index (κ3) is 31.5. The van der Waals surface area contributed by atoms with Gasteiger partial charge in [0.25, 0.3) is 0 Å². The first kappa shape index (κ1) is 90.0. The summed E-state index contributed by atoms with van der Waals surface area (Å²) in [7, 11) is 1.58. The van der Waals surface area contributed by atoms with E-state index in [1.807, 2.05) is 0 Å². The van der Waals surface area contributed by atoms with Crippen LogP contribution in [0.1, 0.15) is 68.7 Å². The topological polar surface area (TPSA) is 577 Å². The van der Waals surface area contributed by atoms with Crippen LogP contribution in [0.15, 0.2) is 103 Å². The lowest BCUT2D eigenvalue weighted by atomic mass is 10.0. The largest absolute Gasteiger partial charge is 0.508 e. The van der Waals surface area contributed by atoms with Crippen molar-refractivity contribution in [3.05, 3.63) is 125 Å². The Morgan fingerprint density at radius 2 is 1.10 bits per heavy atom. The van der Waals surface area contributed by atoms with Gasteiger partial charge in [-0.3, -0.25) is 71.9 Å². The van der Waals surface area contributed by atoms with E-state index < -0.39 is 223 Å². The average Bonchev–Trinajstić information content (AvgIpc) is 0.997. The summed E-state index contributed by atoms with van der Waals surface area (Å²) in [5.41, 5.74) is 7.98. The molecule has 5 rings (SSSR count). The van der Waals surface area contributed by atoms with Crippen LogP contribution in [0.25, 0.3) is 0 Å². The first-order valence-corrected chi connectivity index (χ1v) is 38.4. The van der Waals surface area contributed by atoms with Crippen LogP contribution >= 0.6 is 33.3 Å². The van der Waals surface area contributed by atoms with Gasteiger partial charge < -0.3 is 105 Å². The van der Waals surface area contributed by atoms with Gasteiger partial charge in [-0.05, 0) is 90.6 Å². The first-order valence-electron chi connectivity index (χ1n) is 34.5. The highest BCUT2D eigenvalue weighted by molar-refractivity contribution is 8.76. The van der Waals surface area contributed by atoms with Gasteiger partial charge in [0.1, 0.15) is 83.7 Å². The molecule has 1 heterocycles. The van der Waals surface area contributed by atoms with E-state index in [2.05, 4.69) is 75.0 Å². The predicted molar refractivity (Wildman–Crippen MR) is 405 cm³/mol. The summed E-state index contributed by atoms with van der Waals surface area (Å²) in [6.07, 6.45) is 2.85. The standard InChI is InChI=1S/C72H90N14O22S3/c1-6-10-48(72(107)108)77-56(90)33-75-71(106)60(37(2)3)86-67(102)52(31-59(94)95)82-68(103)53(34-109-5)85-66(101)51(30-42-17-23-45(89)24-18-42)81-70(105)54-35-110-111-36-55(84-62(97)46(73)27-40-13-19-43(87)20-14-40)69(104)79-47(25-26-58(92)93)63(98)74-32-57(91)78-49(28-39-11-8-7-9-12-39)65(100)80-50(29-41-15-21-44(88)22-16-41)64(99)76-38(4)61(96)83-54/h1,7-9,11-24,37-38,46-55,60,87-89H,10,25-36,73H2,2-5H3,(H,74,98)(H,75,106)(H,76,99)(H,77,90)(H,78,91)(H,79,104)(H,80,100)(H,81,105)(H,82,103)(H,83,96)(H,84,97)(H,85,101)(H,86,102)(H,92,93)(H,94,95)(H,107,108)/t38-,46-,47-,48-,49-,50+,51-,52-,53-,54-,55-,60-/m0/s1. The fraction of sp³-hybridized carbons (Fsp3) is 0.417. The van der Waals surface area contributed by atoms with Crippen LogP contribution in [0.2, 0.25) is 0 Å². The molecule has 1 aliphatic rings. The van der Waals surface area contributed by atoms with Gasteiger partial charge in [0, 0.05) is 49.4 Å². The Hall–Kier alpha value is -11.6. The minimum Gasteiger partial charge on any atom is -0.508 e. The van der Waals surface area contributed by atoms with Crippen molar-refractivity contribution >= 4 is 128 Å². The lowest BCUT2D eigenvalue weighted by Gasteiger charge is -2.28. The zero-order valence-corrected chi connectivity index (χ0v) is 63.1. The molecule has 39 heteroatoms. The summed E-state index contributed by atoms with van der Waals surface area (Å²) in [5.74, 6) is -18.5. The number of carbonyl (C=O) groups excluding carboxylic acids is 13. The summed E-state index contributed by atoms with van der Waals surface area (Å²) in [6.45, 7) is 2.53. The normalized spacial score (nSPS) is 19.1. The molecule has 1 saturated heterocycles. The minimum atomic E-state index is -1.96. The van der Waals surface area contributed by atoms with Gasteiger partial charge in [-0.1, -0.05) is 102 Å². The molecule has 21 N–H and O–H groups in total. The number of thioether (sulfide) groups is 1. The van der Waals surface area contributed by atoms with Crippen LogP contribution < -0.4 is 74.9 Å². The molecule has 13 amide bonds. The van der Waals surface area contributed by atoms with Gasteiger partial charge >= 0.3 is 17.9 Å². The quantitative estimate of drug-likeness (QED) is 0.0170. The minimum absolute atomic E-state index is 0.0903. The molecule has 0 aliphatic carbocycles. The van der Waals surface area contributed by atoms with Gasteiger partial charge in [-0.25, -0.2) is 4.79 Å². The molecule has 0 spiro atoms. The number of carboxylic acid groups (broad SMARTS) is 3. The number of carboxylic acids is 3. The van der Waals surface area contributed by atoms with Crippen molar-refractivity contribution in [1.29, 1.82) is 0 Å². The smallest absolute Gasteiger partial charge is 0.327 e. The van der Waals surface area contributed by atoms with Gasteiger partial charge in [-0.15, -0.1) is 12.3 Å². The molecular formula is C72H90N14O22S3. The van der Waals surface area contributed by atoms with Crippen molar-refractivity contribution in [2.24, 2.45) is 11.7 Å². The SMILES string of the molecule is C#CC[C@H](NC(=O)CNC(=O)[C@@H](NC(=O)[C@H](CC(=O)O)NC(=O)[C@H](CSC)NC(=O)[C@H](Cc1ccc(O)cc1)NC(=O)[C@@H]1CSSC[C@H](NC(=O)[C@@H](N)Cc2ccc(O)cc2)C(=O)N[C@@H](CCC(=O)O)C(=O)NCC(=O)N[C@@H](Cc2ccccc2)C(=O)N[C@H](Cc2ccc(O)cc2)C(=O)N[C@@H](C)C(=O)N1)C(C)C)C(=O)O. The maximum Gasteiger partial charge on any atom is 0.327 e. The number of benzene rings is 4. The van der Waals surface area contributed by atoms with Crippen molar-refractivity contribution < 1.29 is 107 Å². The fourth-order valence-corrected chi connectivity index (χ4v) is 13.4. The van der Waals surface area contributed by atoms with E-state index >= 15 is 4.79 Å². The van der Waals surface area contributed by atoms with E-state index in [0.29, 0.717) is 16.7 Å². The maximum atomic E-state index is 15.1. The molecule has 36 nitrogen and oxygen atoms in total. The summed E-state index contributed by atoms with van der Waals surface area (Å²) in [5, 5.41) is 91.0. The number of aromatic hydroxyl groups is 3. The Morgan fingerprint density at radius 1 is 0.568 bits per heavy atom. The summed E-state index contributed by atoms with van der Waals surface area (Å²) in [6, 6.07) is 5.12. The zero-order valence-electron chi connectivity index (χ0n) is 60.6. The summed E-state index contributed by atoms with van der Waals surface area (Å²) >= 11 is 0.987. The number of phenols is 3. The number of aliphatic carboxylic acids is 3. The number of rotatable bonds is 32. The molecule has 1 fully saturated rings. The number of hydrogen-bond donors (Lipinski definition) is 20. The van der Waals surface area contributed by atoms with Crippen molar-refractivity contribution in [2.75, 3.05) is 36.6 Å². The number of nitrogens with two attached hydrogens (primary N) is 1. The third-order valence-electron chi connectivity index (χ3n) is 16.6. The molecule has 4 aromatic rings. The molecule has 1 aliphatic heterocycles. The van der Waals surface area contributed by atoms with Gasteiger partial charge in [-0.2, -0.15) is 11.8 Å². The average molecular weight is 1600 g/mol. The Bertz CT molecular complexity index is 4010. The predicted octanol–water partition coefficient (Wildman–Crippen LogP) is -3.15. The van der Waals surface area contributed by atoms with Gasteiger partial charge in [0.2, 0.25) is 76.8 Å². The number of nitrogens with one attached hydrogen (secondary N) is 13. The molecular weight excluding hydrogens is 1510 g/mol. The molecule has 12 atom stereocenters. The van der Waals surface area contributed by atoms with E-state index in [9.17, 15) is 103 Å². The van der Waals surface area contributed by atoms with Crippen LogP contribution in [-0.2, 0) is 102 Å². The Labute approximate surface area is 649 Å². The van der Waals surface area contributed by atoms with E-state index in [4.69, 9.17) is 12.2 Å². The third-order valence-corrected chi connectivity index (χ3v) is 19.6. The summed E-state index contributed by atoms with van der Waals surface area (Å²) < 4.78 is 0. The number of hydrogen-bond acceptors (Lipinski definition) is 23. The van der Waals surface area contributed by atoms with Crippen LogP contribution in [0.5, 0.6) is 17.2 Å². The Balaban J connectivity index is 1.54. The van der Waals surface area contributed by atoms with E-state index in [1.165, 1.54) is 99.8 Å². The molecule has 4 aromatic carbocycles. The molecule has 0 aromatic heterocycles. The van der Waals surface area contributed by atoms with E-state index in [0.717, 1.165) is 33.3 Å². The van der Waals surface area contributed by atoms with Crippen molar-refractivity contribution in [1.82, 2.24) is 69.1 Å². The lowest BCUT2D eigenvalue weighted by molar-refractivity contribution is -0.141. The fourth-order valence-electron chi connectivity index (χ4n) is 10.5. The second kappa shape index (κ2) is 45.4. The Morgan fingerprint density at radius 3 is 1.67 bits per heavy atom. The number of amides is 13. The number of terminal acetylenes is 1. The second-order valence-electron chi connectivity index (χ2n) is 25.8. The van der Waals surface area contributed by atoms with Crippen LogP contribution in [-0.4, -0.2) is 234 Å². The highest BCUT2D eigenvalue weighted by Crippen LogP contribution is 2.25. The van der Waals surface area contributed by atoms with Gasteiger partial charge in [0.05, 0.1) is 25.6 Å². The highest BCUT2D eigenvalue weighted by atomic mass is 33.1. The van der Waals surface area contributed by atoms with E-state index in [1.54, 1.807) is 30.3 Å². The van der Waals surface area contributed by atoms with Crippen molar-refractivity contribution in [3.63, 3.8) is 0 Å². The zero-order chi connectivity index (χ0) is 82.0. The molecule has 0 bridgehead atoms. The summed E-state index contributed by atoms with van der Waals surface area (Å²) in [4.78, 5) is 220. The van der Waals surface area contributed by atoms with Crippen LogP contribution in [0, 0.1) is 18.3 Å². The number of carbonyl (C=O) groups is 16. The molecule has 111 heavy (non-hydrogen) atoms. The Kier molecular flexibility index (Phi) is 36.8. The van der Waals surface area contributed by atoms with Crippen LogP contribution in [0.3, 0.4) is 0 Å². The van der Waals surface area contributed by atoms with Gasteiger partial charge in [0.15, 0.2) is 0 Å². The first-order chi connectivity index (χ1) is 52.6. The number of phenolic OH excluding ortho intramolecular Hbond substituents is 3. The highest BCUT2D eigenvalue weighted by Gasteiger charge is 2.38. The molecule has 0 saturated carbocycles. The molecule has 0 radical (unpaired) electrons. The van der Waals surface area contributed by atoms with Crippen molar-refractivity contribution in [3.8, 4) is 29.6 Å². The lowest BCUT2D eigenvalue weighted by Crippen LogP contribution is -2.61. The monoisotopic (exact) mass is 1600 g/mol. The molecule has 0 unspecified atom stereocenters. The maximum absolute atomic E-state index is 15.1. The van der Waals surface area contributed by atoms with E-state index in [-0.39, 0.29) is 54.2 Å².